The van der Waals surface area contributed by atoms with Gasteiger partial charge in [0.15, 0.2) is 5.82 Å². The number of benzene rings is 1. The number of aromatic nitrogens is 3. The number of pyridine rings is 1. The molecule has 0 N–H and O–H groups in total. The number of hydrogen-bond acceptors (Lipinski definition) is 5. The Labute approximate surface area is 119 Å². The Morgan fingerprint density at radius 2 is 2.10 bits per heavy atom. The Morgan fingerprint density at radius 1 is 1.14 bits per heavy atom. The van der Waals surface area contributed by atoms with Crippen LogP contribution in [0.4, 0.5) is 4.39 Å². The van der Waals surface area contributed by atoms with Gasteiger partial charge in [0.2, 0.25) is 0 Å². The van der Waals surface area contributed by atoms with E-state index in [0.717, 1.165) is 11.8 Å². The van der Waals surface area contributed by atoms with Crippen LogP contribution >= 0.6 is 0 Å². The first-order valence-corrected chi connectivity index (χ1v) is 6.78. The smallest absolute Gasteiger partial charge is 0.276 e. The largest absolute Gasteiger partial charge is 0.381 e. The maximum absolute atomic E-state index is 13.8. The lowest BCUT2D eigenvalue weighted by atomic mass is 10.1. The molecule has 1 aliphatic rings. The molecule has 0 saturated carbocycles. The first kappa shape index (κ1) is 12.4. The summed E-state index contributed by atoms with van der Waals surface area (Å²) in [5.74, 6) is 0.734. The van der Waals surface area contributed by atoms with Crippen LogP contribution in [-0.2, 0) is 4.74 Å². The van der Waals surface area contributed by atoms with Gasteiger partial charge in [-0.1, -0.05) is 23.4 Å². The van der Waals surface area contributed by atoms with Crippen molar-refractivity contribution in [1.29, 1.82) is 0 Å². The number of halogens is 1. The van der Waals surface area contributed by atoms with E-state index in [1.807, 2.05) is 6.07 Å². The highest BCUT2D eigenvalue weighted by Gasteiger charge is 2.23. The van der Waals surface area contributed by atoms with Gasteiger partial charge in [-0.2, -0.15) is 4.98 Å². The molecule has 2 aromatic heterocycles. The zero-order chi connectivity index (χ0) is 14.2. The van der Waals surface area contributed by atoms with E-state index >= 15 is 0 Å². The quantitative estimate of drug-likeness (QED) is 0.724. The predicted octanol–water partition coefficient (Wildman–Crippen LogP) is 2.93. The molecule has 3 heterocycles. The number of para-hydroxylation sites is 1. The normalized spacial score (nSPS) is 18.4. The average Bonchev–Trinajstić information content (AvgIpc) is 3.18. The van der Waals surface area contributed by atoms with Crippen molar-refractivity contribution in [3.05, 3.63) is 42.0 Å². The minimum absolute atomic E-state index is 0.166. The number of nitrogens with zero attached hydrogens (tertiary/aromatic N) is 3. The van der Waals surface area contributed by atoms with Crippen LogP contribution in [0.5, 0.6) is 0 Å². The summed E-state index contributed by atoms with van der Waals surface area (Å²) >= 11 is 0. The molecule has 21 heavy (non-hydrogen) atoms. The fourth-order valence-corrected chi connectivity index (χ4v) is 2.47. The third-order valence-corrected chi connectivity index (χ3v) is 3.63. The van der Waals surface area contributed by atoms with E-state index in [9.17, 15) is 4.39 Å². The minimum Gasteiger partial charge on any atom is -0.381 e. The van der Waals surface area contributed by atoms with Gasteiger partial charge in [-0.3, -0.25) is 0 Å². The zero-order valence-corrected chi connectivity index (χ0v) is 11.1. The van der Waals surface area contributed by atoms with Crippen molar-refractivity contribution >= 4 is 10.9 Å². The minimum atomic E-state index is -0.363. The Kier molecular flexibility index (Phi) is 2.89. The monoisotopic (exact) mass is 285 g/mol. The molecular weight excluding hydrogens is 273 g/mol. The third kappa shape index (κ3) is 2.17. The molecule has 5 nitrogen and oxygen atoms in total. The first-order valence-electron chi connectivity index (χ1n) is 6.78. The van der Waals surface area contributed by atoms with E-state index < -0.39 is 0 Å². The topological polar surface area (TPSA) is 61.0 Å². The average molecular weight is 285 g/mol. The van der Waals surface area contributed by atoms with Gasteiger partial charge in [-0.25, -0.2) is 9.37 Å². The summed E-state index contributed by atoms with van der Waals surface area (Å²) < 4.78 is 24.4. The van der Waals surface area contributed by atoms with Crippen molar-refractivity contribution in [2.24, 2.45) is 0 Å². The molecule has 0 radical (unpaired) electrons. The van der Waals surface area contributed by atoms with Crippen LogP contribution in [0.2, 0.25) is 0 Å². The second-order valence-electron chi connectivity index (χ2n) is 5.03. The van der Waals surface area contributed by atoms with E-state index in [-0.39, 0.29) is 11.7 Å². The molecule has 0 unspecified atom stereocenters. The molecule has 1 aromatic carbocycles. The molecule has 1 fully saturated rings. The summed E-state index contributed by atoms with van der Waals surface area (Å²) in [6.45, 7) is 1.33. The van der Waals surface area contributed by atoms with Crippen molar-refractivity contribution in [2.75, 3.05) is 13.2 Å². The molecule has 1 atom stereocenters. The van der Waals surface area contributed by atoms with Gasteiger partial charge in [0.1, 0.15) is 17.0 Å². The molecule has 4 rings (SSSR count). The molecule has 0 amide bonds. The number of rotatable bonds is 2. The van der Waals surface area contributed by atoms with Gasteiger partial charge < -0.3 is 9.26 Å². The van der Waals surface area contributed by atoms with Crippen molar-refractivity contribution in [3.8, 4) is 11.6 Å². The maximum Gasteiger partial charge on any atom is 0.276 e. The fourth-order valence-electron chi connectivity index (χ4n) is 2.47. The Bertz CT molecular complexity index is 796. The Hall–Kier alpha value is -2.34. The van der Waals surface area contributed by atoms with Gasteiger partial charge >= 0.3 is 0 Å². The molecule has 0 bridgehead atoms. The summed E-state index contributed by atoms with van der Waals surface area (Å²) in [6.07, 6.45) is 0.888. The highest BCUT2D eigenvalue weighted by atomic mass is 19.1. The van der Waals surface area contributed by atoms with Gasteiger partial charge in [-0.05, 0) is 18.6 Å². The van der Waals surface area contributed by atoms with Crippen LogP contribution in [0.15, 0.2) is 34.9 Å². The van der Waals surface area contributed by atoms with Crippen molar-refractivity contribution in [2.45, 2.75) is 12.3 Å². The van der Waals surface area contributed by atoms with Gasteiger partial charge in [0.05, 0.1) is 6.61 Å². The van der Waals surface area contributed by atoms with Crippen LogP contribution in [0.3, 0.4) is 0 Å². The molecular formula is C15H12FN3O2. The molecule has 1 aliphatic heterocycles. The lowest BCUT2D eigenvalue weighted by molar-refractivity contribution is 0.192. The van der Waals surface area contributed by atoms with Crippen LogP contribution in [0.25, 0.3) is 22.5 Å². The molecule has 106 valence electrons. The molecule has 3 aromatic rings. The van der Waals surface area contributed by atoms with Gasteiger partial charge in [0, 0.05) is 17.9 Å². The summed E-state index contributed by atoms with van der Waals surface area (Å²) in [6, 6.07) is 8.40. The fraction of sp³-hybridized carbons (Fsp3) is 0.267. The second kappa shape index (κ2) is 4.89. The molecule has 0 aliphatic carbocycles. The lowest BCUT2D eigenvalue weighted by Crippen LogP contribution is -1.99. The summed E-state index contributed by atoms with van der Waals surface area (Å²) in [4.78, 5) is 8.64. The van der Waals surface area contributed by atoms with Crippen LogP contribution in [0.1, 0.15) is 18.2 Å². The summed E-state index contributed by atoms with van der Waals surface area (Å²) in [7, 11) is 0. The zero-order valence-electron chi connectivity index (χ0n) is 11.1. The van der Waals surface area contributed by atoms with Crippen LogP contribution in [-0.4, -0.2) is 28.3 Å². The van der Waals surface area contributed by atoms with Crippen molar-refractivity contribution in [1.82, 2.24) is 15.1 Å². The van der Waals surface area contributed by atoms with Crippen molar-refractivity contribution in [3.63, 3.8) is 0 Å². The van der Waals surface area contributed by atoms with Gasteiger partial charge in [0.25, 0.3) is 5.89 Å². The lowest BCUT2D eigenvalue weighted by Gasteiger charge is -2.00. The number of hydrogen-bond donors (Lipinski definition) is 0. The first-order chi connectivity index (χ1) is 10.3. The van der Waals surface area contributed by atoms with E-state index in [1.54, 1.807) is 18.2 Å². The maximum atomic E-state index is 13.8. The third-order valence-electron chi connectivity index (χ3n) is 3.63. The highest BCUT2D eigenvalue weighted by molar-refractivity contribution is 5.81. The van der Waals surface area contributed by atoms with Crippen molar-refractivity contribution < 1.29 is 13.7 Å². The van der Waals surface area contributed by atoms with E-state index in [4.69, 9.17) is 9.26 Å². The number of ether oxygens (including phenoxy) is 1. The van der Waals surface area contributed by atoms with Crippen LogP contribution < -0.4 is 0 Å². The van der Waals surface area contributed by atoms with E-state index in [2.05, 4.69) is 15.1 Å². The molecule has 1 saturated heterocycles. The highest BCUT2D eigenvalue weighted by Crippen LogP contribution is 2.26. The Balaban J connectivity index is 1.74. The van der Waals surface area contributed by atoms with Gasteiger partial charge in [-0.15, -0.1) is 0 Å². The Morgan fingerprint density at radius 3 is 2.95 bits per heavy atom. The number of fused-ring (bicyclic) bond motifs is 1. The summed E-state index contributed by atoms with van der Waals surface area (Å²) in [5, 5.41) is 4.72. The van der Waals surface area contributed by atoms with E-state index in [0.29, 0.717) is 36.1 Å². The SMILES string of the molecule is Fc1cccc2ccc(-c3nc([C@H]4CCOC4)no3)nc12. The standard InChI is InChI=1S/C15H12FN3O2/c16-11-3-1-2-9-4-5-12(17-13(9)11)15-18-14(19-21-15)10-6-7-20-8-10/h1-5,10H,6-8H2/t10-/m0/s1. The second-order valence-corrected chi connectivity index (χ2v) is 5.03. The molecule has 6 heteroatoms. The predicted molar refractivity (Wildman–Crippen MR) is 73.2 cm³/mol. The van der Waals surface area contributed by atoms with Crippen LogP contribution in [0, 0.1) is 5.82 Å². The molecule has 0 spiro atoms. The summed E-state index contributed by atoms with van der Waals surface area (Å²) in [5.41, 5.74) is 0.782. The van der Waals surface area contributed by atoms with E-state index in [1.165, 1.54) is 6.07 Å².